The van der Waals surface area contributed by atoms with Gasteiger partial charge in [-0.15, -0.1) is 11.8 Å². The van der Waals surface area contributed by atoms with E-state index in [1.165, 1.54) is 11.8 Å². The van der Waals surface area contributed by atoms with E-state index in [1.54, 1.807) is 7.11 Å². The summed E-state index contributed by atoms with van der Waals surface area (Å²) in [5.74, 6) is 0.395. The minimum absolute atomic E-state index is 0.0286. The van der Waals surface area contributed by atoms with Crippen LogP contribution in [-0.2, 0) is 16.1 Å². The summed E-state index contributed by atoms with van der Waals surface area (Å²) in [7, 11) is 1.61. The lowest BCUT2D eigenvalue weighted by Gasteiger charge is -2.12. The van der Waals surface area contributed by atoms with Crippen molar-refractivity contribution < 1.29 is 14.3 Å². The summed E-state index contributed by atoms with van der Waals surface area (Å²) in [4.78, 5) is 24.9. The van der Waals surface area contributed by atoms with Gasteiger partial charge in [-0.25, -0.2) is 0 Å². The Balaban J connectivity index is 1.71. The topological polar surface area (TPSA) is 67.4 Å². The zero-order valence-electron chi connectivity index (χ0n) is 14.3. The molecule has 2 rings (SSSR count). The third-order valence-electron chi connectivity index (χ3n) is 3.50. The number of methoxy groups -OCH3 is 1. The highest BCUT2D eigenvalue weighted by molar-refractivity contribution is 8.00. The molecule has 2 amide bonds. The molecule has 132 valence electrons. The van der Waals surface area contributed by atoms with Crippen LogP contribution in [0.25, 0.3) is 0 Å². The van der Waals surface area contributed by atoms with Crippen LogP contribution in [0.15, 0.2) is 59.5 Å². The van der Waals surface area contributed by atoms with Crippen molar-refractivity contribution >= 4 is 23.6 Å². The van der Waals surface area contributed by atoms with E-state index in [1.807, 2.05) is 61.5 Å². The molecule has 0 unspecified atom stereocenters. The van der Waals surface area contributed by atoms with Crippen molar-refractivity contribution in [1.82, 2.24) is 10.6 Å². The number of benzene rings is 2. The average molecular weight is 358 g/mol. The van der Waals surface area contributed by atoms with Crippen LogP contribution in [-0.4, -0.2) is 30.7 Å². The van der Waals surface area contributed by atoms with Crippen molar-refractivity contribution in [2.45, 2.75) is 23.6 Å². The fourth-order valence-electron chi connectivity index (χ4n) is 2.08. The molecule has 25 heavy (non-hydrogen) atoms. The van der Waals surface area contributed by atoms with Crippen molar-refractivity contribution in [2.75, 3.05) is 13.7 Å². The Labute approximate surface area is 152 Å². The molecule has 0 heterocycles. The lowest BCUT2D eigenvalue weighted by Crippen LogP contribution is -2.39. The first-order chi connectivity index (χ1) is 12.1. The van der Waals surface area contributed by atoms with Crippen molar-refractivity contribution in [3.63, 3.8) is 0 Å². The monoisotopic (exact) mass is 358 g/mol. The number of hydrogen-bond acceptors (Lipinski definition) is 4. The molecule has 1 atom stereocenters. The second kappa shape index (κ2) is 9.74. The molecule has 2 aromatic rings. The van der Waals surface area contributed by atoms with Gasteiger partial charge < -0.3 is 15.4 Å². The predicted octanol–water partition coefficient (Wildman–Crippen LogP) is 2.61. The van der Waals surface area contributed by atoms with E-state index in [2.05, 4.69) is 10.6 Å². The number of carbonyl (C=O) groups is 2. The van der Waals surface area contributed by atoms with Crippen LogP contribution in [0.3, 0.4) is 0 Å². The summed E-state index contributed by atoms with van der Waals surface area (Å²) in [6, 6.07) is 17.1. The Hall–Kier alpha value is -2.47. The minimum atomic E-state index is -0.296. The van der Waals surface area contributed by atoms with Crippen molar-refractivity contribution in [3.05, 3.63) is 60.2 Å². The van der Waals surface area contributed by atoms with Crippen molar-refractivity contribution in [1.29, 1.82) is 0 Å². The van der Waals surface area contributed by atoms with Gasteiger partial charge in [-0.1, -0.05) is 30.3 Å². The molecule has 2 N–H and O–H groups in total. The summed E-state index contributed by atoms with van der Waals surface area (Å²) in [5, 5.41) is 5.15. The minimum Gasteiger partial charge on any atom is -0.497 e. The Morgan fingerprint density at radius 3 is 2.36 bits per heavy atom. The van der Waals surface area contributed by atoms with E-state index >= 15 is 0 Å². The molecule has 5 nitrogen and oxygen atoms in total. The van der Waals surface area contributed by atoms with Gasteiger partial charge in [-0.2, -0.15) is 0 Å². The van der Waals surface area contributed by atoms with Gasteiger partial charge in [0.05, 0.1) is 18.9 Å². The molecule has 0 aromatic heterocycles. The molecule has 0 aliphatic carbocycles. The maximum Gasteiger partial charge on any atom is 0.239 e. The van der Waals surface area contributed by atoms with E-state index < -0.39 is 0 Å². The third-order valence-corrected chi connectivity index (χ3v) is 4.61. The number of thioether (sulfide) groups is 1. The van der Waals surface area contributed by atoms with Crippen LogP contribution in [0.5, 0.6) is 5.75 Å². The smallest absolute Gasteiger partial charge is 0.239 e. The Bertz CT molecular complexity index is 690. The summed E-state index contributed by atoms with van der Waals surface area (Å²) >= 11 is 1.43. The quantitative estimate of drug-likeness (QED) is 0.712. The van der Waals surface area contributed by atoms with Gasteiger partial charge in [0.2, 0.25) is 11.8 Å². The first-order valence-corrected chi connectivity index (χ1v) is 8.85. The fourth-order valence-corrected chi connectivity index (χ4v) is 2.97. The number of hydrogen-bond donors (Lipinski definition) is 2. The van der Waals surface area contributed by atoms with Gasteiger partial charge >= 0.3 is 0 Å². The summed E-state index contributed by atoms with van der Waals surface area (Å²) in [6.07, 6.45) is 0. The van der Waals surface area contributed by atoms with Gasteiger partial charge in [-0.05, 0) is 36.8 Å². The van der Waals surface area contributed by atoms with E-state index in [0.717, 1.165) is 16.2 Å². The molecule has 6 heteroatoms. The van der Waals surface area contributed by atoms with Gasteiger partial charge in [-0.3, -0.25) is 9.59 Å². The van der Waals surface area contributed by atoms with Crippen LogP contribution in [0.2, 0.25) is 0 Å². The van der Waals surface area contributed by atoms with Crippen molar-refractivity contribution in [2.24, 2.45) is 0 Å². The number of amides is 2. The largest absolute Gasteiger partial charge is 0.497 e. The highest BCUT2D eigenvalue weighted by Crippen LogP contribution is 2.25. The van der Waals surface area contributed by atoms with E-state index in [-0.39, 0.29) is 23.6 Å². The number of rotatable bonds is 8. The van der Waals surface area contributed by atoms with Gasteiger partial charge in [0.1, 0.15) is 5.75 Å². The summed E-state index contributed by atoms with van der Waals surface area (Å²) in [5.41, 5.74) is 1.02. The SMILES string of the molecule is COc1ccc(S[C@H](C)C(=O)NCC(=O)NCc2ccccc2)cc1. The molecule has 0 radical (unpaired) electrons. The van der Waals surface area contributed by atoms with Crippen LogP contribution >= 0.6 is 11.8 Å². The normalized spacial score (nSPS) is 11.4. The molecule has 0 aliphatic heterocycles. The lowest BCUT2D eigenvalue weighted by molar-refractivity contribution is -0.125. The van der Waals surface area contributed by atoms with E-state index in [4.69, 9.17) is 4.74 Å². The highest BCUT2D eigenvalue weighted by Gasteiger charge is 2.15. The molecule has 2 aromatic carbocycles. The maximum absolute atomic E-state index is 12.1. The fraction of sp³-hybridized carbons (Fsp3) is 0.263. The average Bonchev–Trinajstić information content (AvgIpc) is 2.65. The molecule has 0 spiro atoms. The molecule has 0 fully saturated rings. The standard InChI is InChI=1S/C19H22N2O3S/c1-14(25-17-10-8-16(24-2)9-11-17)19(23)21-13-18(22)20-12-15-6-4-3-5-7-15/h3-11,14H,12-13H2,1-2H3,(H,20,22)(H,21,23)/t14-/m1/s1. The van der Waals surface area contributed by atoms with Crippen LogP contribution in [0, 0.1) is 0 Å². The second-order valence-corrected chi connectivity index (χ2v) is 6.83. The molecular weight excluding hydrogens is 336 g/mol. The third kappa shape index (κ3) is 6.51. The molecule has 0 saturated heterocycles. The number of nitrogens with one attached hydrogen (secondary N) is 2. The lowest BCUT2D eigenvalue weighted by atomic mass is 10.2. The number of carbonyl (C=O) groups excluding carboxylic acids is 2. The molecule has 0 bridgehead atoms. The zero-order chi connectivity index (χ0) is 18.1. The summed E-state index contributed by atoms with van der Waals surface area (Å²) in [6.45, 7) is 2.23. The Kier molecular flexibility index (Phi) is 7.35. The first kappa shape index (κ1) is 18.9. The van der Waals surface area contributed by atoms with Gasteiger partial charge in [0.15, 0.2) is 0 Å². The summed E-state index contributed by atoms with van der Waals surface area (Å²) < 4.78 is 5.11. The zero-order valence-corrected chi connectivity index (χ0v) is 15.1. The van der Waals surface area contributed by atoms with Crippen LogP contribution in [0.1, 0.15) is 12.5 Å². The first-order valence-electron chi connectivity index (χ1n) is 7.97. The van der Waals surface area contributed by atoms with E-state index in [9.17, 15) is 9.59 Å². The van der Waals surface area contributed by atoms with Gasteiger partial charge in [0, 0.05) is 11.4 Å². The van der Waals surface area contributed by atoms with Crippen molar-refractivity contribution in [3.8, 4) is 5.75 Å². The van der Waals surface area contributed by atoms with Gasteiger partial charge in [0.25, 0.3) is 0 Å². The van der Waals surface area contributed by atoms with Crippen LogP contribution in [0.4, 0.5) is 0 Å². The predicted molar refractivity (Wildman–Crippen MR) is 99.6 cm³/mol. The van der Waals surface area contributed by atoms with Crippen LogP contribution < -0.4 is 15.4 Å². The number of ether oxygens (including phenoxy) is 1. The molecule has 0 saturated carbocycles. The molecule has 0 aliphatic rings. The second-order valence-electron chi connectivity index (χ2n) is 5.42. The Morgan fingerprint density at radius 2 is 1.72 bits per heavy atom. The Morgan fingerprint density at radius 1 is 1.04 bits per heavy atom. The van der Waals surface area contributed by atoms with E-state index in [0.29, 0.717) is 6.54 Å². The maximum atomic E-state index is 12.1. The molecular formula is C19H22N2O3S. The highest BCUT2D eigenvalue weighted by atomic mass is 32.2.